The third kappa shape index (κ3) is 8.28. The highest BCUT2D eigenvalue weighted by Crippen LogP contribution is 2.49. The smallest absolute Gasteiger partial charge is 0.392 e. The monoisotopic (exact) mass is 715 g/mol. The van der Waals surface area contributed by atoms with Crippen molar-refractivity contribution in [1.82, 2.24) is 5.32 Å². The SMILES string of the molecule is CCCC[C@]1(CC)CS(=O)(=O)c2ccc(N(C)C)cc2[C@@H](c2cccc(NC(=O)N[C@@H]3O[C@H](COS(=O)(=O)O)[C@@H](O)[C@H](O)[C@H]3O)c2)[C@H]1O. The second-order valence-corrected chi connectivity index (χ2v) is 15.7. The predicted octanol–water partition coefficient (Wildman–Crippen LogP) is 1.37. The second kappa shape index (κ2) is 14.9. The van der Waals surface area contributed by atoms with E-state index in [4.69, 9.17) is 9.29 Å². The maximum Gasteiger partial charge on any atom is 0.397 e. The van der Waals surface area contributed by atoms with Gasteiger partial charge in [-0.1, -0.05) is 38.8 Å². The fraction of sp³-hybridized carbons (Fsp3) is 0.581. The molecule has 48 heavy (non-hydrogen) atoms. The Labute approximate surface area is 280 Å². The fourth-order valence-electron chi connectivity index (χ4n) is 6.47. The van der Waals surface area contributed by atoms with Gasteiger partial charge >= 0.3 is 16.4 Å². The third-order valence-corrected chi connectivity index (χ3v) is 11.6. The summed E-state index contributed by atoms with van der Waals surface area (Å²) in [6.45, 7) is 2.97. The van der Waals surface area contributed by atoms with Gasteiger partial charge in [-0.05, 0) is 54.3 Å². The van der Waals surface area contributed by atoms with Crippen molar-refractivity contribution in [2.24, 2.45) is 5.41 Å². The minimum absolute atomic E-state index is 0.136. The Bertz CT molecular complexity index is 1670. The largest absolute Gasteiger partial charge is 0.397 e. The number of carbonyl (C=O) groups is 1. The summed E-state index contributed by atoms with van der Waals surface area (Å²) >= 11 is 0. The average molecular weight is 716 g/mol. The van der Waals surface area contributed by atoms with Crippen molar-refractivity contribution in [3.8, 4) is 0 Å². The zero-order valence-corrected chi connectivity index (χ0v) is 28.8. The Morgan fingerprint density at radius 3 is 2.40 bits per heavy atom. The van der Waals surface area contributed by atoms with Crippen molar-refractivity contribution in [3.05, 3.63) is 53.6 Å². The van der Waals surface area contributed by atoms with Crippen LogP contribution >= 0.6 is 0 Å². The van der Waals surface area contributed by atoms with Gasteiger partial charge in [0.1, 0.15) is 24.4 Å². The van der Waals surface area contributed by atoms with Gasteiger partial charge in [0.05, 0.1) is 23.4 Å². The molecule has 0 spiro atoms. The summed E-state index contributed by atoms with van der Waals surface area (Å²) in [6, 6.07) is 10.7. The number of aliphatic hydroxyl groups excluding tert-OH is 4. The van der Waals surface area contributed by atoms with Crippen LogP contribution in [-0.2, 0) is 29.2 Å². The van der Waals surface area contributed by atoms with E-state index in [1.807, 2.05) is 32.8 Å². The van der Waals surface area contributed by atoms with E-state index in [0.717, 1.165) is 18.5 Å². The number of rotatable bonds is 11. The topological polar surface area (TPSA) is 232 Å². The highest BCUT2D eigenvalue weighted by atomic mass is 32.3. The summed E-state index contributed by atoms with van der Waals surface area (Å²) in [5, 5.41) is 47.9. The Balaban J connectivity index is 1.67. The van der Waals surface area contributed by atoms with Crippen LogP contribution in [0.5, 0.6) is 0 Å². The number of ether oxygens (including phenoxy) is 1. The van der Waals surface area contributed by atoms with Crippen LogP contribution in [0.4, 0.5) is 16.2 Å². The molecule has 0 unspecified atom stereocenters. The number of sulfone groups is 1. The molecule has 0 aromatic heterocycles. The lowest BCUT2D eigenvalue weighted by Crippen LogP contribution is -2.63. The third-order valence-electron chi connectivity index (χ3n) is 9.20. The van der Waals surface area contributed by atoms with Gasteiger partial charge in [-0.3, -0.25) is 4.55 Å². The van der Waals surface area contributed by atoms with Gasteiger partial charge in [-0.2, -0.15) is 8.42 Å². The molecule has 2 aliphatic rings. The number of hydrogen-bond acceptors (Lipinski definition) is 12. The van der Waals surface area contributed by atoms with E-state index >= 15 is 0 Å². The van der Waals surface area contributed by atoms with Crippen molar-refractivity contribution in [3.63, 3.8) is 0 Å². The van der Waals surface area contributed by atoms with Gasteiger partial charge in [-0.15, -0.1) is 0 Å². The molecule has 1 fully saturated rings. The molecule has 15 nitrogen and oxygen atoms in total. The Kier molecular flexibility index (Phi) is 11.8. The van der Waals surface area contributed by atoms with Crippen molar-refractivity contribution >= 4 is 37.6 Å². The lowest BCUT2D eigenvalue weighted by Gasteiger charge is -2.40. The summed E-state index contributed by atoms with van der Waals surface area (Å²) in [7, 11) is -5.07. The Hall–Kier alpha value is -2.87. The number of nitrogens with one attached hydrogen (secondary N) is 2. The number of benzene rings is 2. The zero-order chi connectivity index (χ0) is 35.6. The maximum atomic E-state index is 13.9. The van der Waals surface area contributed by atoms with E-state index in [-0.39, 0.29) is 16.3 Å². The number of aliphatic hydroxyl groups is 4. The number of unbranched alkanes of at least 4 members (excludes halogenated alkanes) is 1. The van der Waals surface area contributed by atoms with Crippen LogP contribution in [0.2, 0.25) is 0 Å². The van der Waals surface area contributed by atoms with Crippen LogP contribution in [0.3, 0.4) is 0 Å². The van der Waals surface area contributed by atoms with Crippen molar-refractivity contribution in [2.75, 3.05) is 36.7 Å². The molecule has 1 saturated heterocycles. The number of nitrogens with zero attached hydrogens (tertiary/aromatic N) is 1. The highest BCUT2D eigenvalue weighted by Gasteiger charge is 2.49. The van der Waals surface area contributed by atoms with E-state index in [0.29, 0.717) is 24.0 Å². The molecular weight excluding hydrogens is 670 g/mol. The van der Waals surface area contributed by atoms with Crippen LogP contribution in [0.25, 0.3) is 0 Å². The minimum atomic E-state index is -4.91. The number of amides is 2. The van der Waals surface area contributed by atoms with Gasteiger partial charge in [0.2, 0.25) is 0 Å². The van der Waals surface area contributed by atoms with Crippen LogP contribution in [0.15, 0.2) is 47.4 Å². The average Bonchev–Trinajstić information content (AvgIpc) is 3.09. The maximum absolute atomic E-state index is 13.9. The van der Waals surface area contributed by atoms with E-state index in [2.05, 4.69) is 14.8 Å². The summed E-state index contributed by atoms with van der Waals surface area (Å²) in [4.78, 5) is 15.0. The summed E-state index contributed by atoms with van der Waals surface area (Å²) < 4.78 is 68.2. The molecule has 0 aliphatic carbocycles. The van der Waals surface area contributed by atoms with Crippen molar-refractivity contribution < 1.29 is 55.5 Å². The van der Waals surface area contributed by atoms with Crippen LogP contribution in [-0.4, -0.2) is 111 Å². The number of carbonyl (C=O) groups excluding carboxylic acids is 1. The molecule has 0 radical (unpaired) electrons. The van der Waals surface area contributed by atoms with Crippen LogP contribution < -0.4 is 15.5 Å². The predicted molar refractivity (Wildman–Crippen MR) is 176 cm³/mol. The molecule has 0 saturated carbocycles. The van der Waals surface area contributed by atoms with Crippen molar-refractivity contribution in [1.29, 1.82) is 0 Å². The zero-order valence-electron chi connectivity index (χ0n) is 27.2. The fourth-order valence-corrected chi connectivity index (χ4v) is 9.03. The van der Waals surface area contributed by atoms with Gasteiger partial charge in [0.15, 0.2) is 16.1 Å². The lowest BCUT2D eigenvalue weighted by atomic mass is 9.69. The molecule has 7 N–H and O–H groups in total. The summed E-state index contributed by atoms with van der Waals surface area (Å²) in [5.74, 6) is -1.01. The number of fused-ring (bicyclic) bond motifs is 1. The quantitative estimate of drug-likeness (QED) is 0.163. The van der Waals surface area contributed by atoms with E-state index < -0.39 is 81.0 Å². The normalized spacial score (nSPS) is 30.1. The lowest BCUT2D eigenvalue weighted by molar-refractivity contribution is -0.231. The summed E-state index contributed by atoms with van der Waals surface area (Å²) in [6.07, 6.45) is -7.34. The minimum Gasteiger partial charge on any atom is -0.392 e. The van der Waals surface area contributed by atoms with Gasteiger partial charge in [0, 0.05) is 36.8 Å². The number of urea groups is 1. The van der Waals surface area contributed by atoms with Crippen molar-refractivity contribution in [2.45, 2.75) is 87.1 Å². The first-order valence-corrected chi connectivity index (χ1v) is 18.7. The molecule has 2 aliphatic heterocycles. The molecule has 2 heterocycles. The molecule has 2 aromatic rings. The molecule has 0 bridgehead atoms. The van der Waals surface area contributed by atoms with E-state index in [9.17, 15) is 42.1 Å². The molecule has 2 aromatic carbocycles. The molecule has 8 atom stereocenters. The van der Waals surface area contributed by atoms with Gasteiger partial charge < -0.3 is 40.7 Å². The molecule has 17 heteroatoms. The first-order chi connectivity index (χ1) is 22.4. The van der Waals surface area contributed by atoms with Crippen LogP contribution in [0, 0.1) is 5.41 Å². The first kappa shape index (κ1) is 37.9. The number of hydrogen-bond donors (Lipinski definition) is 7. The van der Waals surface area contributed by atoms with Gasteiger partial charge in [-0.25, -0.2) is 17.4 Å². The first-order valence-electron chi connectivity index (χ1n) is 15.6. The second-order valence-electron chi connectivity index (χ2n) is 12.6. The molecule has 268 valence electrons. The van der Waals surface area contributed by atoms with Crippen LogP contribution in [0.1, 0.15) is 56.6 Å². The van der Waals surface area contributed by atoms with E-state index in [1.54, 1.807) is 42.5 Å². The van der Waals surface area contributed by atoms with Gasteiger partial charge in [0.25, 0.3) is 0 Å². The Morgan fingerprint density at radius 2 is 1.77 bits per heavy atom. The summed E-state index contributed by atoms with van der Waals surface area (Å²) in [5.41, 5.74) is 1.01. The molecule has 4 rings (SSSR count). The van der Waals surface area contributed by atoms with E-state index in [1.165, 1.54) is 0 Å². The molecule has 2 amide bonds. The number of anilines is 2. The standard InChI is InChI=1S/C31H45N3O12S2/c1-5-7-13-31(6-2)17-47(40,41)23-12-11-20(34(3)4)15-21(23)24(28(31)38)18-9-8-10-19(14-18)32-30(39)33-29-27(37)26(36)25(35)22(46-29)16-45-48(42,43)44/h8-12,14-15,22,24-29,35-38H,5-7,13,16-17H2,1-4H3,(H2,32,33,39)(H,42,43,44)/t22-,24-,25-,26+,27-,28-,29-,31-/m1/s1. The molecular formula is C31H45N3O12S2. The Morgan fingerprint density at radius 1 is 1.06 bits per heavy atom. The highest BCUT2D eigenvalue weighted by molar-refractivity contribution is 7.91.